The van der Waals surface area contributed by atoms with Crippen molar-refractivity contribution < 1.29 is 9.90 Å². The van der Waals surface area contributed by atoms with Crippen LogP contribution in [0.3, 0.4) is 0 Å². The Bertz CT molecular complexity index is 940. The van der Waals surface area contributed by atoms with E-state index in [0.717, 1.165) is 25.9 Å². The SMILES string of the molecule is CN=CNC(=NCCO)N1CCC(CNC(=O)c2nccnc2N)(c2ccccc2)CC1. The molecule has 0 unspecified atom stereocenters. The minimum absolute atomic E-state index is 0.0201. The first-order chi connectivity index (χ1) is 15.6. The zero-order valence-electron chi connectivity index (χ0n) is 18.2. The highest BCUT2D eigenvalue weighted by Crippen LogP contribution is 2.35. The van der Waals surface area contributed by atoms with Crippen molar-refractivity contribution in [3.05, 3.63) is 54.0 Å². The number of piperidine rings is 1. The Kier molecular flexibility index (Phi) is 8.09. The number of aliphatic imine (C=N–C) groups is 2. The number of amides is 1. The van der Waals surface area contributed by atoms with Gasteiger partial charge in [-0.1, -0.05) is 30.3 Å². The number of aromatic nitrogens is 2. The van der Waals surface area contributed by atoms with Gasteiger partial charge in [-0.25, -0.2) is 9.97 Å². The van der Waals surface area contributed by atoms with E-state index in [-0.39, 0.29) is 29.4 Å². The summed E-state index contributed by atoms with van der Waals surface area (Å²) in [5, 5.41) is 15.3. The van der Waals surface area contributed by atoms with Crippen LogP contribution >= 0.6 is 0 Å². The smallest absolute Gasteiger partial charge is 0.273 e. The van der Waals surface area contributed by atoms with Crippen molar-refractivity contribution in [2.45, 2.75) is 18.3 Å². The van der Waals surface area contributed by atoms with Crippen LogP contribution in [0.4, 0.5) is 5.82 Å². The van der Waals surface area contributed by atoms with Gasteiger partial charge in [0.05, 0.1) is 19.5 Å². The van der Waals surface area contributed by atoms with E-state index in [4.69, 9.17) is 10.8 Å². The third-order valence-electron chi connectivity index (χ3n) is 5.62. The van der Waals surface area contributed by atoms with E-state index in [1.165, 1.54) is 18.0 Å². The quantitative estimate of drug-likeness (QED) is 0.363. The topological polar surface area (TPSA) is 141 Å². The number of anilines is 1. The number of nitrogen functional groups attached to an aromatic ring is 1. The lowest BCUT2D eigenvalue weighted by Gasteiger charge is -2.43. The molecular weight excluding hydrogens is 408 g/mol. The number of carbonyl (C=O) groups excluding carboxylic acids is 1. The first-order valence-corrected chi connectivity index (χ1v) is 10.6. The molecule has 1 fully saturated rings. The minimum Gasteiger partial charge on any atom is -0.394 e. The van der Waals surface area contributed by atoms with Gasteiger partial charge in [0, 0.05) is 44.5 Å². The molecule has 1 aromatic heterocycles. The van der Waals surface area contributed by atoms with Gasteiger partial charge in [-0.2, -0.15) is 0 Å². The second-order valence-electron chi connectivity index (χ2n) is 7.57. The molecule has 3 rings (SSSR count). The van der Waals surface area contributed by atoms with E-state index < -0.39 is 0 Å². The van der Waals surface area contributed by atoms with Gasteiger partial charge >= 0.3 is 0 Å². The number of carbonyl (C=O) groups is 1. The molecule has 2 heterocycles. The zero-order chi connectivity index (χ0) is 22.8. The molecule has 1 aromatic carbocycles. The Morgan fingerprint density at radius 3 is 2.62 bits per heavy atom. The van der Waals surface area contributed by atoms with E-state index in [9.17, 15) is 4.79 Å². The Morgan fingerprint density at radius 2 is 1.97 bits per heavy atom. The first kappa shape index (κ1) is 23.1. The minimum atomic E-state index is -0.334. The molecule has 1 saturated heterocycles. The number of nitrogens with one attached hydrogen (secondary N) is 2. The van der Waals surface area contributed by atoms with Gasteiger partial charge in [-0.15, -0.1) is 0 Å². The maximum absolute atomic E-state index is 12.7. The summed E-state index contributed by atoms with van der Waals surface area (Å²) in [6.45, 7) is 2.20. The summed E-state index contributed by atoms with van der Waals surface area (Å²) in [5.41, 5.74) is 6.88. The summed E-state index contributed by atoms with van der Waals surface area (Å²) in [6, 6.07) is 10.2. The molecule has 0 aliphatic carbocycles. The second-order valence-corrected chi connectivity index (χ2v) is 7.57. The third kappa shape index (κ3) is 5.58. The third-order valence-corrected chi connectivity index (χ3v) is 5.62. The van der Waals surface area contributed by atoms with Crippen LogP contribution in [0.25, 0.3) is 0 Å². The molecule has 0 atom stereocenters. The molecule has 170 valence electrons. The Labute approximate surface area is 187 Å². The lowest BCUT2D eigenvalue weighted by Crippen LogP contribution is -2.53. The van der Waals surface area contributed by atoms with Crippen LogP contribution in [0.1, 0.15) is 28.9 Å². The molecule has 1 aliphatic heterocycles. The zero-order valence-corrected chi connectivity index (χ0v) is 18.2. The Balaban J connectivity index is 1.76. The fraction of sp³-hybridized carbons (Fsp3) is 0.409. The number of guanidine groups is 1. The predicted octanol–water partition coefficient (Wildman–Crippen LogP) is 0.418. The molecule has 0 spiro atoms. The molecule has 1 amide bonds. The van der Waals surface area contributed by atoms with Crippen molar-refractivity contribution >= 4 is 24.0 Å². The van der Waals surface area contributed by atoms with Crippen molar-refractivity contribution in [3.63, 3.8) is 0 Å². The highest BCUT2D eigenvalue weighted by atomic mass is 16.3. The monoisotopic (exact) mass is 438 g/mol. The van der Waals surface area contributed by atoms with Crippen molar-refractivity contribution in [2.24, 2.45) is 9.98 Å². The van der Waals surface area contributed by atoms with Crippen LogP contribution in [0.5, 0.6) is 0 Å². The number of nitrogens with zero attached hydrogens (tertiary/aromatic N) is 5. The summed E-state index contributed by atoms with van der Waals surface area (Å²) >= 11 is 0. The van der Waals surface area contributed by atoms with Crippen LogP contribution in [-0.2, 0) is 5.41 Å². The van der Waals surface area contributed by atoms with Crippen LogP contribution in [0, 0.1) is 0 Å². The summed E-state index contributed by atoms with van der Waals surface area (Å²) in [5.74, 6) is 0.462. The fourth-order valence-electron chi connectivity index (χ4n) is 3.88. The Hall–Kier alpha value is -3.53. The number of aliphatic hydroxyl groups excluding tert-OH is 1. The predicted molar refractivity (Wildman–Crippen MR) is 125 cm³/mol. The van der Waals surface area contributed by atoms with Crippen molar-refractivity contribution in [3.8, 4) is 0 Å². The number of hydrogen-bond donors (Lipinski definition) is 4. The molecule has 10 heteroatoms. The first-order valence-electron chi connectivity index (χ1n) is 10.6. The number of aliphatic hydroxyl groups is 1. The van der Waals surface area contributed by atoms with E-state index in [1.807, 2.05) is 18.2 Å². The standard InChI is InChI=1S/C22H30N8O2/c1-24-16-29-21(27-11-14-31)30-12-7-22(8-13-30,17-5-3-2-4-6-17)15-28-20(32)18-19(23)26-10-9-25-18/h2-6,9-10,16,31H,7-8,11-15H2,1H3,(H2,23,26)(H,28,32)(H,24,27,29). The van der Waals surface area contributed by atoms with Crippen molar-refractivity contribution in [1.82, 2.24) is 25.5 Å². The van der Waals surface area contributed by atoms with Gasteiger partial charge in [0.15, 0.2) is 17.5 Å². The molecule has 0 radical (unpaired) electrons. The number of nitrogens with two attached hydrogens (primary N) is 1. The molecule has 0 saturated carbocycles. The highest BCUT2D eigenvalue weighted by Gasteiger charge is 2.37. The average molecular weight is 439 g/mol. The summed E-state index contributed by atoms with van der Waals surface area (Å²) in [4.78, 5) is 31.3. The maximum Gasteiger partial charge on any atom is 0.273 e. The molecule has 10 nitrogen and oxygen atoms in total. The second kappa shape index (κ2) is 11.2. The Morgan fingerprint density at radius 1 is 1.25 bits per heavy atom. The van der Waals surface area contributed by atoms with Crippen LogP contribution in [0.2, 0.25) is 0 Å². The average Bonchev–Trinajstić information content (AvgIpc) is 2.84. The van der Waals surface area contributed by atoms with Gasteiger partial charge in [-0.3, -0.25) is 14.8 Å². The molecule has 2 aromatic rings. The van der Waals surface area contributed by atoms with Gasteiger partial charge in [0.25, 0.3) is 5.91 Å². The number of hydrogen-bond acceptors (Lipinski definition) is 7. The van der Waals surface area contributed by atoms with Gasteiger partial charge in [-0.05, 0) is 18.4 Å². The largest absolute Gasteiger partial charge is 0.394 e. The summed E-state index contributed by atoms with van der Waals surface area (Å²) < 4.78 is 0. The lowest BCUT2D eigenvalue weighted by atomic mass is 9.72. The van der Waals surface area contributed by atoms with E-state index >= 15 is 0 Å². The number of benzene rings is 1. The van der Waals surface area contributed by atoms with Gasteiger partial charge in [0.1, 0.15) is 0 Å². The normalized spacial score (nSPS) is 16.2. The number of rotatable bonds is 7. The summed E-state index contributed by atoms with van der Waals surface area (Å²) in [6.07, 6.45) is 6.10. The summed E-state index contributed by atoms with van der Waals surface area (Å²) in [7, 11) is 1.68. The van der Waals surface area contributed by atoms with E-state index in [0.29, 0.717) is 19.0 Å². The van der Waals surface area contributed by atoms with Gasteiger partial charge < -0.3 is 26.4 Å². The van der Waals surface area contributed by atoms with Crippen LogP contribution in [0.15, 0.2) is 52.7 Å². The van der Waals surface area contributed by atoms with Crippen LogP contribution in [-0.4, -0.2) is 78.0 Å². The molecule has 0 bridgehead atoms. The molecule has 1 aliphatic rings. The van der Waals surface area contributed by atoms with Crippen molar-refractivity contribution in [1.29, 1.82) is 0 Å². The highest BCUT2D eigenvalue weighted by molar-refractivity contribution is 5.96. The van der Waals surface area contributed by atoms with Crippen molar-refractivity contribution in [2.75, 3.05) is 45.6 Å². The molecular formula is C22H30N8O2. The van der Waals surface area contributed by atoms with Gasteiger partial charge in [0.2, 0.25) is 0 Å². The lowest BCUT2D eigenvalue weighted by molar-refractivity contribution is 0.0927. The maximum atomic E-state index is 12.7. The van der Waals surface area contributed by atoms with E-state index in [1.54, 1.807) is 13.4 Å². The fourth-order valence-corrected chi connectivity index (χ4v) is 3.88. The molecule has 5 N–H and O–H groups in total. The number of likely N-dealkylation sites (tertiary alicyclic amines) is 1. The van der Waals surface area contributed by atoms with E-state index in [2.05, 4.69) is 47.6 Å². The van der Waals surface area contributed by atoms with Crippen LogP contribution < -0.4 is 16.4 Å². The molecule has 32 heavy (non-hydrogen) atoms.